The van der Waals surface area contributed by atoms with Crippen molar-refractivity contribution in [2.24, 2.45) is 5.10 Å². The van der Waals surface area contributed by atoms with Gasteiger partial charge in [-0.3, -0.25) is 9.59 Å². The molecule has 0 atom stereocenters. The highest BCUT2D eigenvalue weighted by Crippen LogP contribution is 2.36. The van der Waals surface area contributed by atoms with E-state index in [4.69, 9.17) is 30.5 Å². The van der Waals surface area contributed by atoms with E-state index < -0.39 is 5.91 Å². The number of benzene rings is 4. The first-order valence-electron chi connectivity index (χ1n) is 13.0. The standard InChI is InChI=1S/C32H29BrClN3O6/c1-20-9-11-24(16-26(20)34)36-30(38)19-43-31-25(33)13-22(14-29(31)41-3)17-35-37-32(39)23-10-12-27(28(15-23)40-2)42-18-21-7-5-4-6-8-21/h4-17H,18-19H2,1-3H3,(H,36,38)(H,37,39)/b35-17+. The van der Waals surface area contributed by atoms with Gasteiger partial charge in [-0.2, -0.15) is 5.10 Å². The predicted octanol–water partition coefficient (Wildman–Crippen LogP) is 6.79. The van der Waals surface area contributed by atoms with Crippen molar-refractivity contribution in [3.05, 3.63) is 111 Å². The highest BCUT2D eigenvalue weighted by Gasteiger charge is 2.15. The molecule has 0 saturated heterocycles. The van der Waals surface area contributed by atoms with Crippen molar-refractivity contribution in [3.8, 4) is 23.0 Å². The molecule has 0 spiro atoms. The highest BCUT2D eigenvalue weighted by atomic mass is 79.9. The summed E-state index contributed by atoms with van der Waals surface area (Å²) in [5.74, 6) is 0.841. The van der Waals surface area contributed by atoms with E-state index in [-0.39, 0.29) is 12.5 Å². The maximum Gasteiger partial charge on any atom is 0.271 e. The number of methoxy groups -OCH3 is 2. The first-order chi connectivity index (χ1) is 20.8. The summed E-state index contributed by atoms with van der Waals surface area (Å²) >= 11 is 9.58. The van der Waals surface area contributed by atoms with E-state index in [0.717, 1.165) is 11.1 Å². The Morgan fingerprint density at radius 2 is 1.67 bits per heavy atom. The number of anilines is 1. The zero-order chi connectivity index (χ0) is 30.8. The molecule has 0 bridgehead atoms. The van der Waals surface area contributed by atoms with Crippen LogP contribution < -0.4 is 29.7 Å². The normalized spacial score (nSPS) is 10.7. The number of hydrazone groups is 1. The van der Waals surface area contributed by atoms with Crippen LogP contribution in [0.1, 0.15) is 27.0 Å². The molecule has 0 aliphatic rings. The summed E-state index contributed by atoms with van der Waals surface area (Å²) in [6.45, 7) is 1.98. The van der Waals surface area contributed by atoms with Gasteiger partial charge in [0.1, 0.15) is 6.61 Å². The van der Waals surface area contributed by atoms with E-state index in [1.807, 2.05) is 43.3 Å². The molecule has 4 rings (SSSR count). The SMILES string of the molecule is COc1cc(C(=O)N/N=C/c2cc(Br)c(OCC(=O)Nc3ccc(C)c(Cl)c3)c(OC)c2)ccc1OCc1ccccc1. The Labute approximate surface area is 262 Å². The van der Waals surface area contributed by atoms with Gasteiger partial charge in [-0.05, 0) is 82.0 Å². The van der Waals surface area contributed by atoms with E-state index in [1.165, 1.54) is 20.4 Å². The Balaban J connectivity index is 1.35. The van der Waals surface area contributed by atoms with Crippen LogP contribution in [-0.4, -0.2) is 38.9 Å². The third-order valence-electron chi connectivity index (χ3n) is 6.10. The van der Waals surface area contributed by atoms with Gasteiger partial charge in [-0.15, -0.1) is 0 Å². The van der Waals surface area contributed by atoms with Crippen molar-refractivity contribution < 1.29 is 28.5 Å². The molecule has 11 heteroatoms. The molecule has 222 valence electrons. The van der Waals surface area contributed by atoms with E-state index in [2.05, 4.69) is 31.8 Å². The number of aryl methyl sites for hydroxylation is 1. The number of nitrogens with one attached hydrogen (secondary N) is 2. The molecule has 2 N–H and O–H groups in total. The summed E-state index contributed by atoms with van der Waals surface area (Å²) in [6, 6.07) is 23.3. The fourth-order valence-electron chi connectivity index (χ4n) is 3.85. The van der Waals surface area contributed by atoms with E-state index in [0.29, 0.717) is 55.9 Å². The Kier molecular flexibility index (Phi) is 11.0. The fourth-order valence-corrected chi connectivity index (χ4v) is 4.61. The van der Waals surface area contributed by atoms with Crippen LogP contribution in [-0.2, 0) is 11.4 Å². The van der Waals surface area contributed by atoms with Gasteiger partial charge in [-0.25, -0.2) is 5.43 Å². The second kappa shape index (κ2) is 15.1. The molecule has 4 aromatic rings. The number of carbonyl (C=O) groups is 2. The molecule has 0 heterocycles. The number of rotatable bonds is 12. The Hall–Kier alpha value is -4.54. The molecule has 0 aromatic heterocycles. The molecule has 2 amide bonds. The van der Waals surface area contributed by atoms with Gasteiger partial charge in [0.2, 0.25) is 0 Å². The van der Waals surface area contributed by atoms with Gasteiger partial charge in [0.15, 0.2) is 29.6 Å². The zero-order valence-electron chi connectivity index (χ0n) is 23.6. The number of nitrogens with zero attached hydrogens (tertiary/aromatic N) is 1. The lowest BCUT2D eigenvalue weighted by molar-refractivity contribution is -0.118. The number of carbonyl (C=O) groups excluding carboxylic acids is 2. The second-order valence-corrected chi connectivity index (χ2v) is 10.4. The number of ether oxygens (including phenoxy) is 4. The van der Waals surface area contributed by atoms with Crippen molar-refractivity contribution in [3.63, 3.8) is 0 Å². The van der Waals surface area contributed by atoms with Gasteiger partial charge in [-0.1, -0.05) is 48.0 Å². The van der Waals surface area contributed by atoms with Gasteiger partial charge in [0.25, 0.3) is 11.8 Å². The third-order valence-corrected chi connectivity index (χ3v) is 7.09. The maximum absolute atomic E-state index is 12.7. The van der Waals surface area contributed by atoms with Crippen LogP contribution in [0.2, 0.25) is 5.02 Å². The number of hydrogen-bond donors (Lipinski definition) is 2. The first-order valence-corrected chi connectivity index (χ1v) is 14.2. The molecule has 43 heavy (non-hydrogen) atoms. The first kappa shape index (κ1) is 31.4. The highest BCUT2D eigenvalue weighted by molar-refractivity contribution is 9.10. The van der Waals surface area contributed by atoms with Crippen molar-refractivity contribution in [2.45, 2.75) is 13.5 Å². The summed E-state index contributed by atoms with van der Waals surface area (Å²) in [5, 5.41) is 7.36. The van der Waals surface area contributed by atoms with Crippen molar-refractivity contribution >= 4 is 51.2 Å². The maximum atomic E-state index is 12.7. The molecule has 4 aromatic carbocycles. The number of halogens is 2. The molecular formula is C32H29BrClN3O6. The van der Waals surface area contributed by atoms with E-state index in [1.54, 1.807) is 42.5 Å². The predicted molar refractivity (Wildman–Crippen MR) is 170 cm³/mol. The molecule has 0 unspecified atom stereocenters. The number of amides is 2. The monoisotopic (exact) mass is 665 g/mol. The Morgan fingerprint density at radius 3 is 2.40 bits per heavy atom. The van der Waals surface area contributed by atoms with Crippen LogP contribution in [0.3, 0.4) is 0 Å². The zero-order valence-corrected chi connectivity index (χ0v) is 26.0. The van der Waals surface area contributed by atoms with Crippen molar-refractivity contribution in [1.29, 1.82) is 0 Å². The van der Waals surface area contributed by atoms with Crippen LogP contribution >= 0.6 is 27.5 Å². The van der Waals surface area contributed by atoms with Gasteiger partial charge < -0.3 is 24.3 Å². The van der Waals surface area contributed by atoms with E-state index >= 15 is 0 Å². The van der Waals surface area contributed by atoms with E-state index in [9.17, 15) is 9.59 Å². The summed E-state index contributed by atoms with van der Waals surface area (Å²) in [6.07, 6.45) is 1.46. The summed E-state index contributed by atoms with van der Waals surface area (Å²) in [5.41, 5.74) is 5.94. The van der Waals surface area contributed by atoms with Crippen LogP contribution in [0.25, 0.3) is 0 Å². The number of hydrogen-bond acceptors (Lipinski definition) is 7. The Bertz CT molecular complexity index is 1630. The fraction of sp³-hybridized carbons (Fsp3) is 0.156. The molecule has 0 saturated carbocycles. The quantitative estimate of drug-likeness (QED) is 0.127. The summed E-state index contributed by atoms with van der Waals surface area (Å²) < 4.78 is 23.0. The smallest absolute Gasteiger partial charge is 0.271 e. The van der Waals surface area contributed by atoms with Crippen LogP contribution in [0.5, 0.6) is 23.0 Å². The van der Waals surface area contributed by atoms with Crippen LogP contribution in [0, 0.1) is 6.92 Å². The minimum absolute atomic E-state index is 0.260. The molecule has 0 fully saturated rings. The lowest BCUT2D eigenvalue weighted by atomic mass is 10.2. The average Bonchev–Trinajstić information content (AvgIpc) is 3.01. The topological polar surface area (TPSA) is 107 Å². The van der Waals surface area contributed by atoms with Crippen LogP contribution in [0.4, 0.5) is 5.69 Å². The summed E-state index contributed by atoms with van der Waals surface area (Å²) in [4.78, 5) is 25.2. The second-order valence-electron chi connectivity index (χ2n) is 9.17. The lowest BCUT2D eigenvalue weighted by Crippen LogP contribution is -2.20. The van der Waals surface area contributed by atoms with Gasteiger partial charge >= 0.3 is 0 Å². The molecular weight excluding hydrogens is 638 g/mol. The van der Waals surface area contributed by atoms with Crippen molar-refractivity contribution in [1.82, 2.24) is 5.43 Å². The largest absolute Gasteiger partial charge is 0.493 e. The molecule has 0 aliphatic heterocycles. The molecule has 0 aliphatic carbocycles. The third kappa shape index (κ3) is 8.73. The lowest BCUT2D eigenvalue weighted by Gasteiger charge is -2.14. The van der Waals surface area contributed by atoms with Gasteiger partial charge in [0, 0.05) is 16.3 Å². The minimum Gasteiger partial charge on any atom is -0.493 e. The van der Waals surface area contributed by atoms with Crippen molar-refractivity contribution in [2.75, 3.05) is 26.1 Å². The molecule has 0 radical (unpaired) electrons. The average molecular weight is 667 g/mol. The summed E-state index contributed by atoms with van der Waals surface area (Å²) in [7, 11) is 2.99. The van der Waals surface area contributed by atoms with Crippen LogP contribution in [0.15, 0.2) is 88.4 Å². The minimum atomic E-state index is -0.434. The Morgan fingerprint density at radius 1 is 0.907 bits per heavy atom. The van der Waals surface area contributed by atoms with Gasteiger partial charge in [0.05, 0.1) is 24.9 Å². The molecule has 9 nitrogen and oxygen atoms in total.